The number of oxazole rings is 1. The van der Waals surface area contributed by atoms with E-state index in [2.05, 4.69) is 36.6 Å². The average Bonchev–Trinajstić information content (AvgIpc) is 3.17. The molecule has 0 aliphatic carbocycles. The van der Waals surface area contributed by atoms with Gasteiger partial charge in [-0.05, 0) is 27.3 Å². The molecule has 1 atom stereocenters. The molecule has 0 saturated carbocycles. The van der Waals surface area contributed by atoms with E-state index in [4.69, 9.17) is 4.42 Å². The fraction of sp³-hybridized carbons (Fsp3) is 0.667. The minimum absolute atomic E-state index is 0.535. The predicted molar refractivity (Wildman–Crippen MR) is 82.1 cm³/mol. The van der Waals surface area contributed by atoms with Crippen LogP contribution in [-0.2, 0) is 20.1 Å². The van der Waals surface area contributed by atoms with Crippen LogP contribution in [0.3, 0.4) is 0 Å². The van der Waals surface area contributed by atoms with Crippen molar-refractivity contribution in [2.45, 2.75) is 39.4 Å². The lowest BCUT2D eigenvalue weighted by Crippen LogP contribution is -2.34. The van der Waals surface area contributed by atoms with Crippen molar-refractivity contribution in [1.82, 2.24) is 29.5 Å². The molecule has 0 aromatic carbocycles. The van der Waals surface area contributed by atoms with Crippen LogP contribution in [0.25, 0.3) is 0 Å². The van der Waals surface area contributed by atoms with E-state index in [0.29, 0.717) is 6.04 Å². The molecule has 2 aromatic rings. The van der Waals surface area contributed by atoms with Crippen LogP contribution in [-0.4, -0.2) is 55.7 Å². The Morgan fingerprint density at radius 3 is 2.82 bits per heavy atom. The minimum atomic E-state index is 0.535. The van der Waals surface area contributed by atoms with E-state index in [-0.39, 0.29) is 0 Å². The summed E-state index contributed by atoms with van der Waals surface area (Å²) in [4.78, 5) is 9.05. The molecule has 22 heavy (non-hydrogen) atoms. The molecule has 3 heterocycles. The van der Waals surface area contributed by atoms with E-state index < -0.39 is 0 Å². The fourth-order valence-electron chi connectivity index (χ4n) is 2.92. The number of aromatic nitrogens is 4. The Kier molecular flexibility index (Phi) is 4.26. The zero-order valence-electron chi connectivity index (χ0n) is 13.8. The molecule has 7 heteroatoms. The van der Waals surface area contributed by atoms with Gasteiger partial charge in [0.1, 0.15) is 17.4 Å². The van der Waals surface area contributed by atoms with Crippen LogP contribution in [0.2, 0.25) is 0 Å². The second-order valence-electron chi connectivity index (χ2n) is 6.18. The highest BCUT2D eigenvalue weighted by molar-refractivity contribution is 4.95. The highest BCUT2D eigenvalue weighted by Crippen LogP contribution is 2.18. The van der Waals surface area contributed by atoms with Crippen molar-refractivity contribution in [2.75, 3.05) is 20.1 Å². The molecule has 1 saturated heterocycles. The standard InChI is InChI=1S/C15H24N6O/c1-11-7-16-15(22-11)10-21-6-5-13(8-21)19(3)9-14-18-17-12(2)20(14)4/h7,13H,5-6,8-10H2,1-4H3/t13-/m1/s1. The first-order chi connectivity index (χ1) is 10.5. The maximum absolute atomic E-state index is 5.57. The zero-order valence-corrected chi connectivity index (χ0v) is 13.8. The summed E-state index contributed by atoms with van der Waals surface area (Å²) in [5.74, 6) is 3.66. The molecule has 0 radical (unpaired) electrons. The Morgan fingerprint density at radius 1 is 1.36 bits per heavy atom. The van der Waals surface area contributed by atoms with Gasteiger partial charge in [-0.2, -0.15) is 0 Å². The van der Waals surface area contributed by atoms with Gasteiger partial charge in [0.15, 0.2) is 0 Å². The van der Waals surface area contributed by atoms with Gasteiger partial charge in [-0.1, -0.05) is 0 Å². The smallest absolute Gasteiger partial charge is 0.208 e. The molecule has 2 aromatic heterocycles. The van der Waals surface area contributed by atoms with Gasteiger partial charge in [0.2, 0.25) is 5.89 Å². The number of aryl methyl sites for hydroxylation is 2. The van der Waals surface area contributed by atoms with Crippen LogP contribution in [0.4, 0.5) is 0 Å². The number of nitrogens with zero attached hydrogens (tertiary/aromatic N) is 6. The summed E-state index contributed by atoms with van der Waals surface area (Å²) in [6, 6.07) is 0.535. The fourth-order valence-corrected chi connectivity index (χ4v) is 2.92. The van der Waals surface area contributed by atoms with E-state index in [9.17, 15) is 0 Å². The van der Waals surface area contributed by atoms with Crippen LogP contribution >= 0.6 is 0 Å². The van der Waals surface area contributed by atoms with Crippen LogP contribution in [0.5, 0.6) is 0 Å². The van der Waals surface area contributed by atoms with E-state index in [1.54, 1.807) is 6.20 Å². The highest BCUT2D eigenvalue weighted by atomic mass is 16.4. The first-order valence-electron chi connectivity index (χ1n) is 7.71. The lowest BCUT2D eigenvalue weighted by molar-refractivity contribution is 0.210. The Labute approximate surface area is 130 Å². The molecule has 0 unspecified atom stereocenters. The summed E-state index contributed by atoms with van der Waals surface area (Å²) in [7, 11) is 4.18. The molecule has 0 amide bonds. The maximum atomic E-state index is 5.57. The van der Waals surface area contributed by atoms with Crippen molar-refractivity contribution in [1.29, 1.82) is 0 Å². The van der Waals surface area contributed by atoms with Crippen molar-refractivity contribution in [3.8, 4) is 0 Å². The number of likely N-dealkylation sites (tertiary alicyclic amines) is 1. The van der Waals surface area contributed by atoms with Crippen molar-refractivity contribution in [3.05, 3.63) is 29.5 Å². The minimum Gasteiger partial charge on any atom is -0.445 e. The summed E-state index contributed by atoms with van der Waals surface area (Å²) in [6.45, 7) is 7.64. The summed E-state index contributed by atoms with van der Waals surface area (Å²) in [6.07, 6.45) is 2.94. The molecule has 1 aliphatic heterocycles. The van der Waals surface area contributed by atoms with Crippen LogP contribution < -0.4 is 0 Å². The molecule has 7 nitrogen and oxygen atoms in total. The monoisotopic (exact) mass is 304 g/mol. The van der Waals surface area contributed by atoms with Gasteiger partial charge >= 0.3 is 0 Å². The average molecular weight is 304 g/mol. The number of hydrogen-bond acceptors (Lipinski definition) is 6. The topological polar surface area (TPSA) is 63.2 Å². The summed E-state index contributed by atoms with van der Waals surface area (Å²) >= 11 is 0. The van der Waals surface area contributed by atoms with Gasteiger partial charge in [0.25, 0.3) is 0 Å². The SMILES string of the molecule is Cc1cnc(CN2CC[C@@H](N(C)Cc3nnc(C)n3C)C2)o1. The van der Waals surface area contributed by atoms with E-state index in [0.717, 1.165) is 55.9 Å². The van der Waals surface area contributed by atoms with Crippen molar-refractivity contribution < 1.29 is 4.42 Å². The van der Waals surface area contributed by atoms with Crippen LogP contribution in [0.1, 0.15) is 29.7 Å². The number of rotatable bonds is 5. The maximum Gasteiger partial charge on any atom is 0.208 e. The van der Waals surface area contributed by atoms with Gasteiger partial charge in [0, 0.05) is 26.2 Å². The van der Waals surface area contributed by atoms with Gasteiger partial charge in [-0.3, -0.25) is 9.80 Å². The second kappa shape index (κ2) is 6.18. The molecule has 0 N–H and O–H groups in total. The molecule has 3 rings (SSSR count). The molecule has 0 spiro atoms. The summed E-state index contributed by atoms with van der Waals surface area (Å²) in [5.41, 5.74) is 0. The van der Waals surface area contributed by atoms with Gasteiger partial charge < -0.3 is 8.98 Å². The Balaban J connectivity index is 1.54. The van der Waals surface area contributed by atoms with E-state index in [1.807, 2.05) is 20.9 Å². The molecular formula is C15H24N6O. The summed E-state index contributed by atoms with van der Waals surface area (Å²) < 4.78 is 7.62. The van der Waals surface area contributed by atoms with Crippen molar-refractivity contribution in [3.63, 3.8) is 0 Å². The first-order valence-corrected chi connectivity index (χ1v) is 7.71. The van der Waals surface area contributed by atoms with Crippen LogP contribution in [0.15, 0.2) is 10.6 Å². The van der Waals surface area contributed by atoms with Gasteiger partial charge in [0.05, 0.1) is 19.3 Å². The van der Waals surface area contributed by atoms with Gasteiger partial charge in [-0.15, -0.1) is 10.2 Å². The Morgan fingerprint density at radius 2 is 2.18 bits per heavy atom. The number of hydrogen-bond donors (Lipinski definition) is 0. The normalized spacial score (nSPS) is 19.4. The third-order valence-electron chi connectivity index (χ3n) is 4.47. The third kappa shape index (κ3) is 3.20. The largest absolute Gasteiger partial charge is 0.445 e. The lowest BCUT2D eigenvalue weighted by Gasteiger charge is -2.24. The zero-order chi connectivity index (χ0) is 15.7. The highest BCUT2D eigenvalue weighted by Gasteiger charge is 2.27. The Bertz CT molecular complexity index is 634. The molecule has 1 fully saturated rings. The quantitative estimate of drug-likeness (QED) is 0.825. The molecule has 120 valence electrons. The second-order valence-corrected chi connectivity index (χ2v) is 6.18. The van der Waals surface area contributed by atoms with E-state index in [1.165, 1.54) is 0 Å². The number of likely N-dealkylation sites (N-methyl/N-ethyl adjacent to an activating group) is 1. The predicted octanol–water partition coefficient (Wildman–Crippen LogP) is 1.13. The van der Waals surface area contributed by atoms with E-state index >= 15 is 0 Å². The molecule has 1 aliphatic rings. The van der Waals surface area contributed by atoms with Crippen LogP contribution in [0, 0.1) is 13.8 Å². The Hall–Kier alpha value is -1.73. The molecule has 0 bridgehead atoms. The van der Waals surface area contributed by atoms with Gasteiger partial charge in [-0.25, -0.2) is 4.98 Å². The van der Waals surface area contributed by atoms with Crippen molar-refractivity contribution in [2.24, 2.45) is 7.05 Å². The third-order valence-corrected chi connectivity index (χ3v) is 4.47. The molecular weight excluding hydrogens is 280 g/mol. The summed E-state index contributed by atoms with van der Waals surface area (Å²) in [5, 5.41) is 8.37. The lowest BCUT2D eigenvalue weighted by atomic mass is 10.2. The first kappa shape index (κ1) is 15.2. The van der Waals surface area contributed by atoms with Crippen molar-refractivity contribution >= 4 is 0 Å².